The summed E-state index contributed by atoms with van der Waals surface area (Å²) in [6.45, 7) is 7.24. The number of piperazine rings is 1. The molecule has 2 aliphatic rings. The zero-order chi connectivity index (χ0) is 20.3. The standard InChI is InChI=1S/C19H28N6O2S2/c1-22-7-11-25(12-8-22)29(26,27)18-3-4-19(20-13-18)24-6-2-5-23(9-10-24)14-17-15-28-16-21-17/h3-4,13,15-16H,2,5-12,14H2,1H3. The van der Waals surface area contributed by atoms with Gasteiger partial charge in [-0.05, 0) is 25.6 Å². The summed E-state index contributed by atoms with van der Waals surface area (Å²) in [7, 11) is -1.45. The van der Waals surface area contributed by atoms with Gasteiger partial charge in [-0.15, -0.1) is 11.3 Å². The minimum Gasteiger partial charge on any atom is -0.355 e. The highest BCUT2D eigenvalue weighted by Crippen LogP contribution is 2.20. The normalized spacial score (nSPS) is 20.7. The first-order chi connectivity index (χ1) is 14.0. The number of likely N-dealkylation sites (N-methyl/N-ethyl adjacent to an activating group) is 1. The molecular weight excluding hydrogens is 408 g/mol. The van der Waals surface area contributed by atoms with Crippen molar-refractivity contribution in [1.29, 1.82) is 0 Å². The number of pyridine rings is 1. The van der Waals surface area contributed by atoms with Crippen LogP contribution in [-0.4, -0.2) is 91.9 Å². The topological polar surface area (TPSA) is 72.9 Å². The van der Waals surface area contributed by atoms with E-state index in [2.05, 4.69) is 30.0 Å². The minimum absolute atomic E-state index is 0.283. The van der Waals surface area contributed by atoms with E-state index in [0.29, 0.717) is 13.1 Å². The largest absolute Gasteiger partial charge is 0.355 e. The molecule has 0 amide bonds. The third-order valence-electron chi connectivity index (χ3n) is 5.60. The average Bonchev–Trinajstić information content (AvgIpc) is 3.12. The Kier molecular flexibility index (Phi) is 6.45. The number of aromatic nitrogens is 2. The fourth-order valence-corrected chi connectivity index (χ4v) is 5.71. The van der Waals surface area contributed by atoms with Crippen LogP contribution in [0.2, 0.25) is 0 Å². The van der Waals surface area contributed by atoms with Crippen LogP contribution in [0.3, 0.4) is 0 Å². The molecule has 4 heterocycles. The van der Waals surface area contributed by atoms with Gasteiger partial charge in [-0.25, -0.2) is 18.4 Å². The molecule has 29 heavy (non-hydrogen) atoms. The molecule has 10 heteroatoms. The Morgan fingerprint density at radius 1 is 1.00 bits per heavy atom. The fraction of sp³-hybridized carbons (Fsp3) is 0.579. The Hall–Kier alpha value is -1.59. The van der Waals surface area contributed by atoms with E-state index in [1.54, 1.807) is 21.7 Å². The van der Waals surface area contributed by atoms with Crippen LogP contribution in [0.1, 0.15) is 12.1 Å². The smallest absolute Gasteiger partial charge is 0.244 e. The van der Waals surface area contributed by atoms with Crippen LogP contribution in [0.15, 0.2) is 34.1 Å². The number of sulfonamides is 1. The number of anilines is 1. The number of nitrogens with zero attached hydrogens (tertiary/aromatic N) is 6. The second-order valence-electron chi connectivity index (χ2n) is 7.66. The molecule has 0 bridgehead atoms. The molecule has 2 aromatic heterocycles. The Labute approximate surface area is 176 Å². The molecule has 2 aliphatic heterocycles. The summed E-state index contributed by atoms with van der Waals surface area (Å²) >= 11 is 1.63. The van der Waals surface area contributed by atoms with Crippen LogP contribution in [0.5, 0.6) is 0 Å². The van der Waals surface area contributed by atoms with Gasteiger partial charge in [0.1, 0.15) is 10.7 Å². The van der Waals surface area contributed by atoms with Crippen LogP contribution in [0, 0.1) is 0 Å². The number of thiazole rings is 1. The van der Waals surface area contributed by atoms with Crippen molar-refractivity contribution < 1.29 is 8.42 Å². The van der Waals surface area contributed by atoms with Gasteiger partial charge in [0, 0.05) is 70.5 Å². The van der Waals surface area contributed by atoms with Crippen molar-refractivity contribution in [3.05, 3.63) is 34.9 Å². The Bertz CT molecular complexity index is 880. The second-order valence-corrected chi connectivity index (χ2v) is 10.3. The lowest BCUT2D eigenvalue weighted by Crippen LogP contribution is -2.47. The van der Waals surface area contributed by atoms with Gasteiger partial charge in [0.05, 0.1) is 11.2 Å². The van der Waals surface area contributed by atoms with Crippen molar-refractivity contribution >= 4 is 27.2 Å². The summed E-state index contributed by atoms with van der Waals surface area (Å²) in [5.74, 6) is 0.845. The average molecular weight is 437 g/mol. The van der Waals surface area contributed by atoms with Crippen LogP contribution in [-0.2, 0) is 16.6 Å². The molecule has 0 aromatic carbocycles. The van der Waals surface area contributed by atoms with Gasteiger partial charge < -0.3 is 9.80 Å². The molecule has 2 aromatic rings. The second kappa shape index (κ2) is 9.05. The summed E-state index contributed by atoms with van der Waals surface area (Å²) in [5, 5.41) is 2.10. The molecule has 0 saturated carbocycles. The van der Waals surface area contributed by atoms with Crippen molar-refractivity contribution in [2.24, 2.45) is 0 Å². The van der Waals surface area contributed by atoms with E-state index < -0.39 is 10.0 Å². The van der Waals surface area contributed by atoms with Crippen LogP contribution >= 0.6 is 11.3 Å². The van der Waals surface area contributed by atoms with Crippen LogP contribution in [0.4, 0.5) is 5.82 Å². The molecule has 8 nitrogen and oxygen atoms in total. The minimum atomic E-state index is -3.47. The lowest BCUT2D eigenvalue weighted by atomic mass is 10.3. The number of rotatable bonds is 5. The summed E-state index contributed by atoms with van der Waals surface area (Å²) in [5.41, 5.74) is 3.00. The van der Waals surface area contributed by atoms with E-state index in [-0.39, 0.29) is 4.90 Å². The van der Waals surface area contributed by atoms with Crippen LogP contribution in [0.25, 0.3) is 0 Å². The highest BCUT2D eigenvalue weighted by molar-refractivity contribution is 7.89. The van der Waals surface area contributed by atoms with E-state index in [4.69, 9.17) is 0 Å². The molecule has 2 saturated heterocycles. The van der Waals surface area contributed by atoms with E-state index in [1.165, 1.54) is 6.20 Å². The maximum Gasteiger partial charge on any atom is 0.244 e. The predicted molar refractivity (Wildman–Crippen MR) is 115 cm³/mol. The SMILES string of the molecule is CN1CCN(S(=O)(=O)c2ccc(N3CCCN(Cc4cscn4)CC3)nc2)CC1. The lowest BCUT2D eigenvalue weighted by molar-refractivity contribution is 0.222. The third kappa shape index (κ3) is 4.95. The molecule has 0 radical (unpaired) electrons. The maximum absolute atomic E-state index is 12.9. The molecule has 0 atom stereocenters. The van der Waals surface area contributed by atoms with Crippen molar-refractivity contribution in [2.45, 2.75) is 17.9 Å². The van der Waals surface area contributed by atoms with E-state index in [0.717, 1.165) is 63.7 Å². The summed E-state index contributed by atoms with van der Waals surface area (Å²) in [6.07, 6.45) is 2.56. The van der Waals surface area contributed by atoms with Crippen molar-refractivity contribution in [3.8, 4) is 0 Å². The summed E-state index contributed by atoms with van der Waals surface area (Å²) < 4.78 is 27.3. The molecular formula is C19H28N6O2S2. The van der Waals surface area contributed by atoms with Gasteiger partial charge in [0.25, 0.3) is 0 Å². The van der Waals surface area contributed by atoms with Gasteiger partial charge >= 0.3 is 0 Å². The van der Waals surface area contributed by atoms with E-state index in [1.807, 2.05) is 18.6 Å². The van der Waals surface area contributed by atoms with E-state index >= 15 is 0 Å². The van der Waals surface area contributed by atoms with Gasteiger partial charge in [0.2, 0.25) is 10.0 Å². The number of hydrogen-bond donors (Lipinski definition) is 0. The van der Waals surface area contributed by atoms with Crippen molar-refractivity contribution in [1.82, 2.24) is 24.1 Å². The molecule has 0 unspecified atom stereocenters. The van der Waals surface area contributed by atoms with Crippen molar-refractivity contribution in [2.75, 3.05) is 64.3 Å². The van der Waals surface area contributed by atoms with Gasteiger partial charge in [-0.2, -0.15) is 4.31 Å². The predicted octanol–water partition coefficient (Wildman–Crippen LogP) is 1.19. The Morgan fingerprint density at radius 2 is 1.83 bits per heavy atom. The highest BCUT2D eigenvalue weighted by Gasteiger charge is 2.28. The first-order valence-electron chi connectivity index (χ1n) is 10.0. The first-order valence-corrected chi connectivity index (χ1v) is 12.4. The lowest BCUT2D eigenvalue weighted by Gasteiger charge is -2.31. The zero-order valence-electron chi connectivity index (χ0n) is 16.8. The van der Waals surface area contributed by atoms with Gasteiger partial charge in [0.15, 0.2) is 0 Å². The molecule has 2 fully saturated rings. The van der Waals surface area contributed by atoms with Gasteiger partial charge in [-0.3, -0.25) is 4.90 Å². The highest BCUT2D eigenvalue weighted by atomic mass is 32.2. The summed E-state index contributed by atoms with van der Waals surface area (Å²) in [4.78, 5) is 16.0. The molecule has 0 aliphatic carbocycles. The fourth-order valence-electron chi connectivity index (χ4n) is 3.79. The first kappa shape index (κ1) is 20.7. The third-order valence-corrected chi connectivity index (χ3v) is 8.12. The maximum atomic E-state index is 12.9. The van der Waals surface area contributed by atoms with E-state index in [9.17, 15) is 8.42 Å². The Balaban J connectivity index is 1.38. The molecule has 158 valence electrons. The molecule has 4 rings (SSSR count). The zero-order valence-corrected chi connectivity index (χ0v) is 18.4. The van der Waals surface area contributed by atoms with Crippen molar-refractivity contribution in [3.63, 3.8) is 0 Å². The van der Waals surface area contributed by atoms with Gasteiger partial charge in [-0.1, -0.05) is 0 Å². The number of hydrogen-bond acceptors (Lipinski definition) is 8. The summed E-state index contributed by atoms with van der Waals surface area (Å²) in [6, 6.07) is 3.55. The Morgan fingerprint density at radius 3 is 2.52 bits per heavy atom. The van der Waals surface area contributed by atoms with Crippen LogP contribution < -0.4 is 4.90 Å². The molecule has 0 N–H and O–H groups in total. The quantitative estimate of drug-likeness (QED) is 0.697. The molecule has 0 spiro atoms. The monoisotopic (exact) mass is 436 g/mol.